The van der Waals surface area contributed by atoms with Crippen LogP contribution in [0.2, 0.25) is 0 Å². The van der Waals surface area contributed by atoms with E-state index < -0.39 is 15.9 Å². The Morgan fingerprint density at radius 2 is 1.95 bits per heavy atom. The highest BCUT2D eigenvalue weighted by molar-refractivity contribution is 7.90. The minimum atomic E-state index is -3.30. The number of aryl methyl sites for hydroxylation is 1. The second-order valence-corrected chi connectivity index (χ2v) is 7.49. The van der Waals surface area contributed by atoms with Gasteiger partial charge in [-0.2, -0.15) is 0 Å². The molecule has 0 bridgehead atoms. The van der Waals surface area contributed by atoms with E-state index in [4.69, 9.17) is 5.73 Å². The van der Waals surface area contributed by atoms with E-state index in [2.05, 4.69) is 5.32 Å². The average Bonchev–Trinajstić information content (AvgIpc) is 2.29. The van der Waals surface area contributed by atoms with Crippen LogP contribution in [-0.2, 0) is 14.6 Å². The van der Waals surface area contributed by atoms with E-state index in [1.807, 2.05) is 13.8 Å². The fourth-order valence-corrected chi connectivity index (χ4v) is 2.45. The molecular formula is C14H22N2O3S. The Morgan fingerprint density at radius 3 is 2.45 bits per heavy atom. The van der Waals surface area contributed by atoms with Gasteiger partial charge in [0.25, 0.3) is 0 Å². The van der Waals surface area contributed by atoms with Crippen LogP contribution in [0.4, 0.5) is 5.69 Å². The van der Waals surface area contributed by atoms with Crippen molar-refractivity contribution in [3.8, 4) is 0 Å². The first kappa shape index (κ1) is 16.7. The van der Waals surface area contributed by atoms with Crippen molar-refractivity contribution in [1.82, 2.24) is 0 Å². The fraction of sp³-hybridized carbons (Fsp3) is 0.500. The van der Waals surface area contributed by atoms with Crippen LogP contribution in [0, 0.1) is 12.8 Å². The molecule has 6 heteroatoms. The van der Waals surface area contributed by atoms with Crippen LogP contribution in [0.15, 0.2) is 23.1 Å². The molecule has 20 heavy (non-hydrogen) atoms. The summed E-state index contributed by atoms with van der Waals surface area (Å²) in [5.74, 6) is 0.0200. The SMILES string of the molecule is Cc1ccc(S(C)(=O)=O)cc1NC(=O)[C@H](N)CC(C)C. The zero-order valence-corrected chi connectivity index (χ0v) is 13.1. The lowest BCUT2D eigenvalue weighted by molar-refractivity contribution is -0.117. The summed E-state index contributed by atoms with van der Waals surface area (Å²) in [6.07, 6.45) is 1.71. The van der Waals surface area contributed by atoms with Gasteiger partial charge in [-0.05, 0) is 37.0 Å². The number of rotatable bonds is 5. The van der Waals surface area contributed by atoms with Gasteiger partial charge in [-0.15, -0.1) is 0 Å². The van der Waals surface area contributed by atoms with Crippen LogP contribution in [0.25, 0.3) is 0 Å². The van der Waals surface area contributed by atoms with Crippen LogP contribution in [-0.4, -0.2) is 26.6 Å². The molecule has 3 N–H and O–H groups in total. The fourth-order valence-electron chi connectivity index (χ4n) is 1.81. The molecule has 0 fully saturated rings. The second-order valence-electron chi connectivity index (χ2n) is 5.47. The summed E-state index contributed by atoms with van der Waals surface area (Å²) in [6.45, 7) is 5.78. The van der Waals surface area contributed by atoms with E-state index in [0.29, 0.717) is 18.0 Å². The Morgan fingerprint density at radius 1 is 1.35 bits per heavy atom. The molecule has 1 aromatic rings. The van der Waals surface area contributed by atoms with Crippen molar-refractivity contribution in [3.63, 3.8) is 0 Å². The number of nitrogens with two attached hydrogens (primary N) is 1. The van der Waals surface area contributed by atoms with Crippen LogP contribution in [0.3, 0.4) is 0 Å². The molecule has 0 aliphatic rings. The molecule has 0 aliphatic carbocycles. The molecule has 112 valence electrons. The summed E-state index contributed by atoms with van der Waals surface area (Å²) < 4.78 is 23.0. The third kappa shape index (κ3) is 4.61. The lowest BCUT2D eigenvalue weighted by Crippen LogP contribution is -2.36. The maximum absolute atomic E-state index is 12.0. The Bertz CT molecular complexity index is 594. The topological polar surface area (TPSA) is 89.3 Å². The summed E-state index contributed by atoms with van der Waals surface area (Å²) in [5, 5.41) is 2.70. The van der Waals surface area contributed by atoms with Gasteiger partial charge in [-0.3, -0.25) is 4.79 Å². The first-order chi connectivity index (χ1) is 9.11. The van der Waals surface area contributed by atoms with E-state index in [-0.39, 0.29) is 10.8 Å². The van der Waals surface area contributed by atoms with Gasteiger partial charge in [0.15, 0.2) is 9.84 Å². The molecule has 0 spiro atoms. The molecule has 0 aliphatic heterocycles. The van der Waals surface area contributed by atoms with E-state index >= 15 is 0 Å². The lowest BCUT2D eigenvalue weighted by Gasteiger charge is -2.16. The summed E-state index contributed by atoms with van der Waals surface area (Å²) in [5.41, 5.74) is 7.09. The van der Waals surface area contributed by atoms with Gasteiger partial charge in [-0.1, -0.05) is 19.9 Å². The monoisotopic (exact) mass is 298 g/mol. The van der Waals surface area contributed by atoms with Gasteiger partial charge >= 0.3 is 0 Å². The predicted octanol–water partition coefficient (Wildman–Crippen LogP) is 1.71. The molecule has 0 aromatic heterocycles. The van der Waals surface area contributed by atoms with E-state index in [1.165, 1.54) is 12.1 Å². The van der Waals surface area contributed by atoms with Gasteiger partial charge in [0.1, 0.15) is 0 Å². The number of anilines is 1. The van der Waals surface area contributed by atoms with Crippen LogP contribution < -0.4 is 11.1 Å². The summed E-state index contributed by atoms with van der Waals surface area (Å²) in [6, 6.07) is 4.05. The summed E-state index contributed by atoms with van der Waals surface area (Å²) in [7, 11) is -3.30. The van der Waals surface area contributed by atoms with Gasteiger partial charge in [0, 0.05) is 11.9 Å². The normalized spacial score (nSPS) is 13.3. The van der Waals surface area contributed by atoms with E-state index in [0.717, 1.165) is 11.8 Å². The largest absolute Gasteiger partial charge is 0.324 e. The highest BCUT2D eigenvalue weighted by atomic mass is 32.2. The molecule has 0 unspecified atom stereocenters. The maximum atomic E-state index is 12.0. The number of carbonyl (C=O) groups is 1. The Labute approximate surface area is 120 Å². The minimum absolute atomic E-state index is 0.177. The molecule has 0 heterocycles. The van der Waals surface area contributed by atoms with Gasteiger partial charge in [-0.25, -0.2) is 8.42 Å². The maximum Gasteiger partial charge on any atom is 0.241 e. The third-order valence-corrected chi connectivity index (χ3v) is 4.07. The van der Waals surface area contributed by atoms with Crippen LogP contribution >= 0.6 is 0 Å². The number of benzene rings is 1. The average molecular weight is 298 g/mol. The molecule has 1 aromatic carbocycles. The number of sulfone groups is 1. The molecule has 0 radical (unpaired) electrons. The quantitative estimate of drug-likeness (QED) is 0.866. The standard InChI is InChI=1S/C14H22N2O3S/c1-9(2)7-12(15)14(17)16-13-8-11(20(4,18)19)6-5-10(13)3/h5-6,8-9,12H,7,15H2,1-4H3,(H,16,17)/t12-/m1/s1. The van der Waals surface area contributed by atoms with Crippen molar-refractivity contribution in [1.29, 1.82) is 0 Å². The molecule has 1 amide bonds. The van der Waals surface area contributed by atoms with Gasteiger partial charge in [0.05, 0.1) is 10.9 Å². The van der Waals surface area contributed by atoms with Crippen molar-refractivity contribution in [2.75, 3.05) is 11.6 Å². The molecular weight excluding hydrogens is 276 g/mol. The summed E-state index contributed by atoms with van der Waals surface area (Å²) in [4.78, 5) is 12.2. The second kappa shape index (κ2) is 6.37. The van der Waals surface area contributed by atoms with Crippen molar-refractivity contribution >= 4 is 21.4 Å². The van der Waals surface area contributed by atoms with Crippen LogP contribution in [0.1, 0.15) is 25.8 Å². The van der Waals surface area contributed by atoms with E-state index in [1.54, 1.807) is 13.0 Å². The van der Waals surface area contributed by atoms with Crippen molar-refractivity contribution in [2.45, 2.75) is 38.1 Å². The van der Waals surface area contributed by atoms with Crippen molar-refractivity contribution in [2.24, 2.45) is 11.7 Å². The number of amides is 1. The molecule has 5 nitrogen and oxygen atoms in total. The first-order valence-electron chi connectivity index (χ1n) is 6.48. The summed E-state index contributed by atoms with van der Waals surface area (Å²) >= 11 is 0. The predicted molar refractivity (Wildman–Crippen MR) is 80.3 cm³/mol. The highest BCUT2D eigenvalue weighted by Gasteiger charge is 2.17. The van der Waals surface area contributed by atoms with E-state index in [9.17, 15) is 13.2 Å². The highest BCUT2D eigenvalue weighted by Crippen LogP contribution is 2.20. The number of nitrogens with one attached hydrogen (secondary N) is 1. The molecule has 0 saturated heterocycles. The van der Waals surface area contributed by atoms with Gasteiger partial charge < -0.3 is 11.1 Å². The van der Waals surface area contributed by atoms with Crippen molar-refractivity contribution in [3.05, 3.63) is 23.8 Å². The Balaban J connectivity index is 2.95. The zero-order valence-electron chi connectivity index (χ0n) is 12.3. The third-order valence-electron chi connectivity index (χ3n) is 2.96. The van der Waals surface area contributed by atoms with Gasteiger partial charge in [0.2, 0.25) is 5.91 Å². The molecule has 0 saturated carbocycles. The number of hydrogen-bond donors (Lipinski definition) is 2. The smallest absolute Gasteiger partial charge is 0.241 e. The zero-order chi connectivity index (χ0) is 15.5. The van der Waals surface area contributed by atoms with Crippen LogP contribution in [0.5, 0.6) is 0 Å². The van der Waals surface area contributed by atoms with Crippen molar-refractivity contribution < 1.29 is 13.2 Å². The Kier molecular flexibility index (Phi) is 5.30. The molecule has 1 atom stereocenters. The number of carbonyl (C=O) groups excluding carboxylic acids is 1. The molecule has 1 rings (SSSR count). The number of hydrogen-bond acceptors (Lipinski definition) is 4. The Hall–Kier alpha value is -1.40. The first-order valence-corrected chi connectivity index (χ1v) is 8.37. The minimum Gasteiger partial charge on any atom is -0.324 e. The lowest BCUT2D eigenvalue weighted by atomic mass is 10.0.